The van der Waals surface area contributed by atoms with Crippen LogP contribution in [-0.2, 0) is 4.79 Å². The first kappa shape index (κ1) is 12.6. The predicted octanol–water partition coefficient (Wildman–Crippen LogP) is 1.26. The monoisotopic (exact) mass is 239 g/mol. The number of ether oxygens (including phenoxy) is 1. The van der Waals surface area contributed by atoms with Gasteiger partial charge in [0.05, 0.1) is 23.7 Å². The number of benzene rings is 1. The third-order valence-corrected chi connectivity index (χ3v) is 2.01. The summed E-state index contributed by atoms with van der Waals surface area (Å²) in [7, 11) is 1.25. The maximum Gasteiger partial charge on any atom is 0.311 e. The molecule has 0 spiro atoms. The Bertz CT molecular complexity index is 482. The summed E-state index contributed by atoms with van der Waals surface area (Å²) in [4.78, 5) is 31.7. The number of carbonyl (C=O) groups excluding carboxylic acids is 1. The highest BCUT2D eigenvalue weighted by Gasteiger charge is 2.18. The van der Waals surface area contributed by atoms with E-state index in [-0.39, 0.29) is 17.0 Å². The van der Waals surface area contributed by atoms with E-state index in [0.29, 0.717) is 0 Å². The van der Waals surface area contributed by atoms with Crippen LogP contribution in [0.25, 0.3) is 0 Å². The summed E-state index contributed by atoms with van der Waals surface area (Å²) in [6.45, 7) is 0. The lowest BCUT2D eigenvalue weighted by Gasteiger charge is -2.05. The third kappa shape index (κ3) is 3.00. The zero-order chi connectivity index (χ0) is 13.0. The van der Waals surface area contributed by atoms with E-state index in [1.165, 1.54) is 13.2 Å². The highest BCUT2D eigenvalue weighted by atomic mass is 16.6. The first-order valence-electron chi connectivity index (χ1n) is 4.53. The van der Waals surface area contributed by atoms with Gasteiger partial charge in [0, 0.05) is 6.07 Å². The van der Waals surface area contributed by atoms with Gasteiger partial charge in [-0.15, -0.1) is 0 Å². The number of carboxylic acids is 1. The lowest BCUT2D eigenvalue weighted by atomic mass is 10.1. The van der Waals surface area contributed by atoms with E-state index in [4.69, 9.17) is 9.84 Å². The summed E-state index contributed by atoms with van der Waals surface area (Å²) in [5.74, 6) is -1.94. The smallest absolute Gasteiger partial charge is 0.311 e. The standard InChI is InChI=1S/C10H9NO6/c1-17-9-4-6(11(15)16)2-3-7(9)8(12)5-10(13)14/h2-4H,5H2,1H3,(H,13,14). The Labute approximate surface area is 95.8 Å². The average Bonchev–Trinajstić information content (AvgIpc) is 2.27. The van der Waals surface area contributed by atoms with E-state index in [9.17, 15) is 19.7 Å². The van der Waals surface area contributed by atoms with Gasteiger partial charge in [0.2, 0.25) is 0 Å². The van der Waals surface area contributed by atoms with E-state index in [2.05, 4.69) is 0 Å². The quantitative estimate of drug-likeness (QED) is 0.358. The minimum Gasteiger partial charge on any atom is -0.496 e. The molecule has 17 heavy (non-hydrogen) atoms. The summed E-state index contributed by atoms with van der Waals surface area (Å²) in [6, 6.07) is 3.38. The molecule has 0 aliphatic carbocycles. The number of nitro groups is 1. The van der Waals surface area contributed by atoms with Crippen molar-refractivity contribution in [2.45, 2.75) is 6.42 Å². The van der Waals surface area contributed by atoms with Crippen LogP contribution in [0.4, 0.5) is 5.69 Å². The van der Waals surface area contributed by atoms with Gasteiger partial charge >= 0.3 is 5.97 Å². The minimum atomic E-state index is -1.27. The first-order chi connectivity index (χ1) is 7.95. The fourth-order valence-electron chi connectivity index (χ4n) is 1.26. The number of Topliss-reactive ketones (excluding diaryl/α,β-unsaturated/α-hetero) is 1. The number of nitrogens with zero attached hydrogens (tertiary/aromatic N) is 1. The zero-order valence-electron chi connectivity index (χ0n) is 8.87. The molecule has 0 unspecified atom stereocenters. The molecular weight excluding hydrogens is 230 g/mol. The van der Waals surface area contributed by atoms with Crippen LogP contribution < -0.4 is 4.74 Å². The normalized spacial score (nSPS) is 9.71. The van der Waals surface area contributed by atoms with Crippen molar-refractivity contribution in [1.82, 2.24) is 0 Å². The van der Waals surface area contributed by atoms with Crippen molar-refractivity contribution in [2.75, 3.05) is 7.11 Å². The summed E-state index contributed by atoms with van der Waals surface area (Å²) in [5, 5.41) is 19.0. The molecule has 0 bridgehead atoms. The van der Waals surface area contributed by atoms with E-state index < -0.39 is 23.1 Å². The van der Waals surface area contributed by atoms with Crippen LogP contribution in [0.3, 0.4) is 0 Å². The molecular formula is C10H9NO6. The lowest BCUT2D eigenvalue weighted by molar-refractivity contribution is -0.384. The number of hydrogen-bond acceptors (Lipinski definition) is 5. The van der Waals surface area contributed by atoms with Gasteiger partial charge < -0.3 is 9.84 Å². The molecule has 7 nitrogen and oxygen atoms in total. The van der Waals surface area contributed by atoms with Gasteiger partial charge in [-0.2, -0.15) is 0 Å². The molecule has 90 valence electrons. The van der Waals surface area contributed by atoms with Gasteiger partial charge in [-0.25, -0.2) is 0 Å². The van der Waals surface area contributed by atoms with E-state index in [1.807, 2.05) is 0 Å². The fourth-order valence-corrected chi connectivity index (χ4v) is 1.26. The first-order valence-corrected chi connectivity index (χ1v) is 4.53. The molecule has 1 rings (SSSR count). The zero-order valence-corrected chi connectivity index (χ0v) is 8.87. The maximum absolute atomic E-state index is 11.5. The number of ketones is 1. The second kappa shape index (κ2) is 5.06. The Balaban J connectivity index is 3.12. The van der Waals surface area contributed by atoms with Crippen molar-refractivity contribution < 1.29 is 24.4 Å². The second-order valence-electron chi connectivity index (χ2n) is 3.14. The third-order valence-electron chi connectivity index (χ3n) is 2.01. The number of aliphatic carboxylic acids is 1. The molecule has 0 amide bonds. The Morgan fingerprint density at radius 2 is 2.12 bits per heavy atom. The molecule has 0 fully saturated rings. The molecule has 0 heterocycles. The van der Waals surface area contributed by atoms with Crippen molar-refractivity contribution in [3.63, 3.8) is 0 Å². The number of rotatable bonds is 5. The number of hydrogen-bond donors (Lipinski definition) is 1. The fraction of sp³-hybridized carbons (Fsp3) is 0.200. The summed E-state index contributed by atoms with van der Waals surface area (Å²) in [5.41, 5.74) is -0.214. The number of non-ortho nitro benzene ring substituents is 1. The van der Waals surface area contributed by atoms with Crippen molar-refractivity contribution in [2.24, 2.45) is 0 Å². The lowest BCUT2D eigenvalue weighted by Crippen LogP contribution is -2.08. The Morgan fingerprint density at radius 3 is 2.59 bits per heavy atom. The summed E-state index contributed by atoms with van der Waals surface area (Å²) < 4.78 is 4.82. The number of carboxylic acid groups (broad SMARTS) is 1. The second-order valence-corrected chi connectivity index (χ2v) is 3.14. The molecule has 0 saturated heterocycles. The predicted molar refractivity (Wildman–Crippen MR) is 56.2 cm³/mol. The molecule has 0 atom stereocenters. The van der Waals surface area contributed by atoms with Crippen molar-refractivity contribution in [1.29, 1.82) is 0 Å². The number of methoxy groups -OCH3 is 1. The molecule has 0 aliphatic rings. The molecule has 1 aromatic rings. The number of carbonyl (C=O) groups is 2. The SMILES string of the molecule is COc1cc([N+](=O)[O-])ccc1C(=O)CC(=O)O. The largest absolute Gasteiger partial charge is 0.496 e. The van der Waals surface area contributed by atoms with E-state index in [1.54, 1.807) is 0 Å². The van der Waals surface area contributed by atoms with Crippen LogP contribution in [0.15, 0.2) is 18.2 Å². The summed E-state index contributed by atoms with van der Waals surface area (Å²) in [6.07, 6.45) is -0.686. The average molecular weight is 239 g/mol. The van der Waals surface area contributed by atoms with Gasteiger partial charge in [-0.3, -0.25) is 19.7 Å². The van der Waals surface area contributed by atoms with Crippen LogP contribution in [0.1, 0.15) is 16.8 Å². The van der Waals surface area contributed by atoms with Gasteiger partial charge in [-0.1, -0.05) is 0 Å². The highest BCUT2D eigenvalue weighted by molar-refractivity contribution is 6.07. The van der Waals surface area contributed by atoms with Crippen molar-refractivity contribution in [3.8, 4) is 5.75 Å². The topological polar surface area (TPSA) is 107 Å². The van der Waals surface area contributed by atoms with Crippen LogP contribution in [0, 0.1) is 10.1 Å². The highest BCUT2D eigenvalue weighted by Crippen LogP contribution is 2.25. The molecule has 1 aromatic carbocycles. The van der Waals surface area contributed by atoms with E-state index in [0.717, 1.165) is 12.1 Å². The van der Waals surface area contributed by atoms with Gasteiger partial charge in [0.15, 0.2) is 5.78 Å². The van der Waals surface area contributed by atoms with Crippen LogP contribution in [-0.4, -0.2) is 28.9 Å². The Hall–Kier alpha value is -2.44. The maximum atomic E-state index is 11.5. The van der Waals surface area contributed by atoms with E-state index >= 15 is 0 Å². The van der Waals surface area contributed by atoms with Gasteiger partial charge in [0.25, 0.3) is 5.69 Å². The van der Waals surface area contributed by atoms with Gasteiger partial charge in [-0.05, 0) is 6.07 Å². The van der Waals surface area contributed by atoms with Crippen LogP contribution >= 0.6 is 0 Å². The summed E-state index contributed by atoms with van der Waals surface area (Å²) >= 11 is 0. The van der Waals surface area contributed by atoms with Crippen molar-refractivity contribution >= 4 is 17.4 Å². The van der Waals surface area contributed by atoms with Crippen LogP contribution in [0.2, 0.25) is 0 Å². The number of nitro benzene ring substituents is 1. The Kier molecular flexibility index (Phi) is 3.76. The molecule has 0 aliphatic heterocycles. The molecule has 0 saturated carbocycles. The van der Waals surface area contributed by atoms with Crippen LogP contribution in [0.5, 0.6) is 5.75 Å². The molecule has 7 heteroatoms. The van der Waals surface area contributed by atoms with Gasteiger partial charge in [0.1, 0.15) is 12.2 Å². The Morgan fingerprint density at radius 1 is 1.47 bits per heavy atom. The molecule has 1 N–H and O–H groups in total. The molecule has 0 radical (unpaired) electrons. The van der Waals surface area contributed by atoms with Crippen molar-refractivity contribution in [3.05, 3.63) is 33.9 Å². The minimum absolute atomic E-state index is 0.00884. The molecule has 0 aromatic heterocycles.